The molecule has 1 heterocycles. The Morgan fingerprint density at radius 2 is 1.38 bits per heavy atom. The first-order valence-corrected chi connectivity index (χ1v) is 15.9. The van der Waals surface area contributed by atoms with Crippen molar-refractivity contribution in [2.75, 3.05) is 7.05 Å². The lowest BCUT2D eigenvalue weighted by atomic mass is 9.77. The Hall–Kier alpha value is -2.08. The predicted molar refractivity (Wildman–Crippen MR) is 172 cm³/mol. The van der Waals surface area contributed by atoms with Crippen molar-refractivity contribution in [1.29, 1.82) is 0 Å². The maximum Gasteiger partial charge on any atom is 0.514 e. The molecule has 1 aromatic rings. The summed E-state index contributed by atoms with van der Waals surface area (Å²) in [4.78, 5) is 29.1. The Morgan fingerprint density at radius 1 is 0.905 bits per heavy atom. The van der Waals surface area contributed by atoms with E-state index in [0.29, 0.717) is 12.2 Å². The SMILES string of the molecule is CCCCC(Cc1cc(C(C)(C)C)c(OC(=O)OC(C)(C)C)c(C(C)(C)C)c1)C(=O)OC1CC(C)(C)N(C)C(C)(C)C1. The first-order chi connectivity index (χ1) is 18.9. The van der Waals surface area contributed by atoms with E-state index in [2.05, 4.69) is 100 Å². The fourth-order valence-electron chi connectivity index (χ4n) is 6.05. The first-order valence-electron chi connectivity index (χ1n) is 15.9. The molecule has 1 unspecified atom stereocenters. The molecule has 1 aliphatic rings. The van der Waals surface area contributed by atoms with Crippen LogP contribution in [0.4, 0.5) is 4.79 Å². The third-order valence-electron chi connectivity index (χ3n) is 8.61. The van der Waals surface area contributed by atoms with Crippen LogP contribution in [0, 0.1) is 5.92 Å². The third-order valence-corrected chi connectivity index (χ3v) is 8.61. The van der Waals surface area contributed by atoms with Crippen molar-refractivity contribution < 1.29 is 23.8 Å². The molecular formula is C36H61NO5. The highest BCUT2D eigenvalue weighted by Gasteiger charge is 2.45. The smallest absolute Gasteiger partial charge is 0.462 e. The quantitative estimate of drug-likeness (QED) is 0.223. The van der Waals surface area contributed by atoms with E-state index in [0.717, 1.165) is 48.8 Å². The van der Waals surface area contributed by atoms with Crippen molar-refractivity contribution in [2.45, 2.75) is 169 Å². The number of carbonyl (C=O) groups is 2. The molecule has 0 aliphatic carbocycles. The zero-order chi connectivity index (χ0) is 32.5. The van der Waals surface area contributed by atoms with Crippen molar-refractivity contribution >= 4 is 12.1 Å². The minimum absolute atomic E-state index is 0.0567. The van der Waals surface area contributed by atoms with Gasteiger partial charge in [-0.05, 0) is 84.7 Å². The molecule has 6 heteroatoms. The van der Waals surface area contributed by atoms with Crippen LogP contribution in [0.1, 0.15) is 146 Å². The van der Waals surface area contributed by atoms with Crippen LogP contribution in [0.25, 0.3) is 0 Å². The highest BCUT2D eigenvalue weighted by Crippen LogP contribution is 2.42. The Morgan fingerprint density at radius 3 is 1.79 bits per heavy atom. The molecule has 1 aromatic carbocycles. The van der Waals surface area contributed by atoms with Crippen LogP contribution in [-0.2, 0) is 31.5 Å². The van der Waals surface area contributed by atoms with Crippen LogP contribution in [0.15, 0.2) is 12.1 Å². The molecule has 42 heavy (non-hydrogen) atoms. The second kappa shape index (κ2) is 12.9. The third kappa shape index (κ3) is 9.72. The normalized spacial score (nSPS) is 18.8. The molecule has 240 valence electrons. The van der Waals surface area contributed by atoms with Gasteiger partial charge in [-0.2, -0.15) is 0 Å². The zero-order valence-corrected chi connectivity index (χ0v) is 29.5. The van der Waals surface area contributed by atoms with Gasteiger partial charge in [-0.3, -0.25) is 9.69 Å². The number of hydrogen-bond acceptors (Lipinski definition) is 6. The molecule has 0 N–H and O–H groups in total. The van der Waals surface area contributed by atoms with Crippen molar-refractivity contribution in [3.8, 4) is 5.75 Å². The van der Waals surface area contributed by atoms with Gasteiger partial charge >= 0.3 is 12.1 Å². The number of likely N-dealkylation sites (tertiary alicyclic amines) is 1. The van der Waals surface area contributed by atoms with Gasteiger partial charge in [0.15, 0.2) is 0 Å². The average molecular weight is 588 g/mol. The van der Waals surface area contributed by atoms with Crippen molar-refractivity contribution in [3.05, 3.63) is 28.8 Å². The summed E-state index contributed by atoms with van der Waals surface area (Å²) in [6.07, 6.45) is 4.15. The van der Waals surface area contributed by atoms with Gasteiger partial charge in [0, 0.05) is 35.0 Å². The second-order valence-electron chi connectivity index (χ2n) is 16.8. The van der Waals surface area contributed by atoms with E-state index in [4.69, 9.17) is 14.2 Å². The fraction of sp³-hybridized carbons (Fsp3) is 0.778. The average Bonchev–Trinajstić information content (AvgIpc) is 2.77. The van der Waals surface area contributed by atoms with Crippen molar-refractivity contribution in [2.24, 2.45) is 5.92 Å². The maximum absolute atomic E-state index is 13.8. The van der Waals surface area contributed by atoms with Gasteiger partial charge in [0.25, 0.3) is 0 Å². The van der Waals surface area contributed by atoms with Crippen LogP contribution >= 0.6 is 0 Å². The number of ether oxygens (including phenoxy) is 3. The zero-order valence-electron chi connectivity index (χ0n) is 29.5. The molecule has 0 aromatic heterocycles. The lowest BCUT2D eigenvalue weighted by molar-refractivity contribution is -0.164. The predicted octanol–water partition coefficient (Wildman–Crippen LogP) is 9.14. The standard InChI is InChI=1S/C36H61NO5/c1-16-17-18-25(30(38)40-26-22-35(11,12)37(15)36(13,14)23-26)19-24-20-27(32(2,3)4)29(28(21-24)33(5,6)7)41-31(39)42-34(8,9)10/h20-21,25-26H,16-19,22-23H2,1-15H3. The minimum Gasteiger partial charge on any atom is -0.462 e. The topological polar surface area (TPSA) is 65.1 Å². The summed E-state index contributed by atoms with van der Waals surface area (Å²) in [5.74, 6) is 0.207. The Kier molecular flexibility index (Phi) is 11.1. The number of rotatable bonds is 8. The molecule has 1 saturated heterocycles. The molecule has 1 aliphatic heterocycles. The summed E-state index contributed by atoms with van der Waals surface area (Å²) < 4.78 is 17.8. The number of benzene rings is 1. The van der Waals surface area contributed by atoms with E-state index in [9.17, 15) is 9.59 Å². The van der Waals surface area contributed by atoms with Gasteiger partial charge in [-0.25, -0.2) is 4.79 Å². The van der Waals surface area contributed by atoms with E-state index < -0.39 is 11.8 Å². The number of esters is 1. The maximum atomic E-state index is 13.8. The molecular weight excluding hydrogens is 526 g/mol. The van der Waals surface area contributed by atoms with Gasteiger partial charge < -0.3 is 14.2 Å². The summed E-state index contributed by atoms with van der Waals surface area (Å²) in [6.45, 7) is 29.3. The number of unbranched alkanes of at least 4 members (excludes halogenated alkanes) is 1. The van der Waals surface area contributed by atoms with Gasteiger partial charge in [0.05, 0.1) is 5.92 Å². The highest BCUT2D eigenvalue weighted by molar-refractivity contribution is 5.73. The van der Waals surface area contributed by atoms with Crippen LogP contribution in [-0.4, -0.2) is 46.9 Å². The molecule has 1 fully saturated rings. The monoisotopic (exact) mass is 587 g/mol. The molecule has 0 radical (unpaired) electrons. The van der Waals surface area contributed by atoms with Crippen LogP contribution < -0.4 is 4.74 Å². The number of piperidine rings is 1. The van der Waals surface area contributed by atoms with E-state index in [1.807, 2.05) is 20.8 Å². The van der Waals surface area contributed by atoms with Crippen molar-refractivity contribution in [3.63, 3.8) is 0 Å². The highest BCUT2D eigenvalue weighted by atomic mass is 16.7. The largest absolute Gasteiger partial charge is 0.514 e. The summed E-state index contributed by atoms with van der Waals surface area (Å²) in [7, 11) is 2.16. The number of nitrogens with zero attached hydrogens (tertiary/aromatic N) is 1. The Labute approximate surface area is 257 Å². The van der Waals surface area contributed by atoms with Crippen molar-refractivity contribution in [1.82, 2.24) is 4.90 Å². The molecule has 0 bridgehead atoms. The molecule has 0 spiro atoms. The van der Waals surface area contributed by atoms with Gasteiger partial charge in [0.2, 0.25) is 0 Å². The summed E-state index contributed by atoms with van der Waals surface area (Å²) in [5.41, 5.74) is 1.53. The van der Waals surface area contributed by atoms with E-state index in [-0.39, 0.29) is 39.9 Å². The van der Waals surface area contributed by atoms with E-state index >= 15 is 0 Å². The molecule has 1 atom stereocenters. The number of hydrogen-bond donors (Lipinski definition) is 0. The summed E-state index contributed by atoms with van der Waals surface area (Å²) in [6, 6.07) is 4.23. The van der Waals surface area contributed by atoms with Crippen LogP contribution in [0.3, 0.4) is 0 Å². The van der Waals surface area contributed by atoms with E-state index in [1.165, 1.54) is 0 Å². The van der Waals surface area contributed by atoms with Gasteiger partial charge in [0.1, 0.15) is 17.5 Å². The first kappa shape index (κ1) is 36.1. The Balaban J connectivity index is 2.49. The summed E-state index contributed by atoms with van der Waals surface area (Å²) in [5, 5.41) is 0. The molecule has 2 rings (SSSR count). The fourth-order valence-corrected chi connectivity index (χ4v) is 6.05. The lowest BCUT2D eigenvalue weighted by Gasteiger charge is -2.53. The van der Waals surface area contributed by atoms with Gasteiger partial charge in [-0.15, -0.1) is 0 Å². The lowest BCUT2D eigenvalue weighted by Crippen LogP contribution is -2.60. The molecule has 0 amide bonds. The molecule has 6 nitrogen and oxygen atoms in total. The minimum atomic E-state index is -0.709. The second-order valence-corrected chi connectivity index (χ2v) is 16.8. The van der Waals surface area contributed by atoms with Gasteiger partial charge in [-0.1, -0.05) is 73.4 Å². The molecule has 0 saturated carbocycles. The summed E-state index contributed by atoms with van der Waals surface area (Å²) >= 11 is 0. The Bertz CT molecular complexity index is 1040. The van der Waals surface area contributed by atoms with E-state index in [1.54, 1.807) is 0 Å². The van der Waals surface area contributed by atoms with Crippen LogP contribution in [0.2, 0.25) is 0 Å². The number of carbonyl (C=O) groups excluding carboxylic acids is 2. The van der Waals surface area contributed by atoms with Crippen LogP contribution in [0.5, 0.6) is 5.75 Å².